The van der Waals surface area contributed by atoms with Gasteiger partial charge in [0.25, 0.3) is 5.91 Å². The smallest absolute Gasteiger partial charge is 0.417 e. The average molecular weight is 770 g/mol. The fourth-order valence-corrected chi connectivity index (χ4v) is 9.06. The summed E-state index contributed by atoms with van der Waals surface area (Å²) in [5.41, 5.74) is 2.84. The molecule has 282 valence electrons. The van der Waals surface area contributed by atoms with Gasteiger partial charge in [0.05, 0.1) is 27.9 Å². The second-order valence-electron chi connectivity index (χ2n) is 14.1. The number of nitrogens with zero attached hydrogens (tertiary/aromatic N) is 8. The zero-order chi connectivity index (χ0) is 38.3. The third-order valence-corrected chi connectivity index (χ3v) is 11.7. The van der Waals surface area contributed by atoms with E-state index >= 15 is 17.6 Å². The summed E-state index contributed by atoms with van der Waals surface area (Å²) in [4.78, 5) is 26.6. The van der Waals surface area contributed by atoms with Crippen molar-refractivity contribution >= 4 is 49.1 Å². The highest BCUT2D eigenvalue weighted by atomic mass is 32.1. The first-order chi connectivity index (χ1) is 25.7. The van der Waals surface area contributed by atoms with Crippen LogP contribution in [-0.4, -0.2) is 94.0 Å². The van der Waals surface area contributed by atoms with Crippen molar-refractivity contribution in [3.8, 4) is 23.2 Å². The molecule has 2 fully saturated rings. The Kier molecular flexibility index (Phi) is 8.64. The van der Waals surface area contributed by atoms with Crippen molar-refractivity contribution in [3.05, 3.63) is 58.4 Å². The number of thiophene rings is 1. The Labute approximate surface area is 308 Å². The monoisotopic (exact) mass is 769 g/mol. The van der Waals surface area contributed by atoms with Gasteiger partial charge in [-0.15, -0.1) is 11.3 Å². The number of fused-ring (bicyclic) bond motifs is 4. The number of amides is 1. The molecule has 2 N–H and O–H groups in total. The highest BCUT2D eigenvalue weighted by Gasteiger charge is 2.49. The van der Waals surface area contributed by atoms with Gasteiger partial charge in [0, 0.05) is 68.6 Å². The van der Waals surface area contributed by atoms with Gasteiger partial charge in [0.1, 0.15) is 41.0 Å². The van der Waals surface area contributed by atoms with Gasteiger partial charge < -0.3 is 20.3 Å². The Bertz CT molecular complexity index is 2360. The quantitative estimate of drug-likeness (QED) is 0.202. The number of benzene rings is 2. The number of hydrogen-bond donors (Lipinski definition) is 1. The van der Waals surface area contributed by atoms with Crippen molar-refractivity contribution in [3.63, 3.8) is 0 Å². The summed E-state index contributed by atoms with van der Waals surface area (Å²) in [7, 11) is 3.22. The minimum absolute atomic E-state index is 0.0240. The summed E-state index contributed by atoms with van der Waals surface area (Å²) >= 11 is 0.678. The fourth-order valence-electron chi connectivity index (χ4n) is 8.11. The zero-order valence-electron chi connectivity index (χ0n) is 29.1. The largest absolute Gasteiger partial charge is 0.461 e. The Hall–Kier alpha value is -5.15. The first-order valence-corrected chi connectivity index (χ1v) is 18.1. The van der Waals surface area contributed by atoms with Crippen LogP contribution in [-0.2, 0) is 19.1 Å². The summed E-state index contributed by atoms with van der Waals surface area (Å²) in [5, 5.41) is 13.7. The second kappa shape index (κ2) is 13.0. The van der Waals surface area contributed by atoms with Crippen molar-refractivity contribution in [1.29, 1.82) is 5.26 Å². The molecule has 18 heteroatoms. The van der Waals surface area contributed by atoms with E-state index in [4.69, 9.17) is 10.5 Å². The fraction of sp³-hybridized carbons (Fsp3) is 0.417. The van der Waals surface area contributed by atoms with Gasteiger partial charge in [-0.05, 0) is 43.1 Å². The van der Waals surface area contributed by atoms with Crippen LogP contribution in [0.25, 0.3) is 32.1 Å². The summed E-state index contributed by atoms with van der Waals surface area (Å²) in [6, 6.07) is 5.85. The van der Waals surface area contributed by atoms with Crippen LogP contribution in [0.5, 0.6) is 6.01 Å². The Morgan fingerprint density at radius 3 is 2.70 bits per heavy atom. The van der Waals surface area contributed by atoms with Crippen molar-refractivity contribution < 1.29 is 35.9 Å². The molecular formula is C36H33F6N9O2S. The first-order valence-electron chi connectivity index (χ1n) is 17.3. The predicted molar refractivity (Wildman–Crippen MR) is 189 cm³/mol. The van der Waals surface area contributed by atoms with Crippen LogP contribution in [0.2, 0.25) is 0 Å². The molecule has 0 unspecified atom stereocenters. The molecule has 2 atom stereocenters. The molecule has 3 aromatic heterocycles. The normalized spacial score (nSPS) is 20.3. The van der Waals surface area contributed by atoms with E-state index in [0.29, 0.717) is 36.4 Å². The van der Waals surface area contributed by atoms with E-state index < -0.39 is 46.2 Å². The maximum absolute atomic E-state index is 17.2. The lowest BCUT2D eigenvalue weighted by Gasteiger charge is -2.31. The topological polar surface area (TPSA) is 129 Å². The van der Waals surface area contributed by atoms with E-state index in [2.05, 4.69) is 15.1 Å². The predicted octanol–water partition coefficient (Wildman–Crippen LogP) is 6.18. The zero-order valence-corrected chi connectivity index (χ0v) is 29.9. The molecule has 6 heterocycles. The maximum atomic E-state index is 17.2. The van der Waals surface area contributed by atoms with E-state index in [0.717, 1.165) is 24.6 Å². The van der Waals surface area contributed by atoms with Crippen molar-refractivity contribution in [1.82, 2.24) is 29.5 Å². The number of hydrogen-bond acceptors (Lipinski definition) is 10. The molecule has 1 amide bonds. The van der Waals surface area contributed by atoms with Crippen LogP contribution in [0.15, 0.2) is 24.3 Å². The van der Waals surface area contributed by atoms with E-state index in [-0.39, 0.29) is 94.2 Å². The van der Waals surface area contributed by atoms with Gasteiger partial charge in [0.2, 0.25) is 0 Å². The van der Waals surface area contributed by atoms with Gasteiger partial charge in [-0.3, -0.25) is 14.4 Å². The third kappa shape index (κ3) is 5.84. The van der Waals surface area contributed by atoms with Crippen molar-refractivity contribution in [2.75, 3.05) is 57.5 Å². The van der Waals surface area contributed by atoms with Gasteiger partial charge in [0.15, 0.2) is 11.5 Å². The van der Waals surface area contributed by atoms with Crippen LogP contribution < -0.4 is 15.4 Å². The number of rotatable bonds is 6. The highest BCUT2D eigenvalue weighted by Crippen LogP contribution is 2.48. The van der Waals surface area contributed by atoms with Gasteiger partial charge in [-0.1, -0.05) is 6.07 Å². The lowest BCUT2D eigenvalue weighted by molar-refractivity contribution is -0.137. The molecule has 2 aromatic carbocycles. The Morgan fingerprint density at radius 1 is 1.17 bits per heavy atom. The number of nitrogens with two attached hydrogens (primary N) is 1. The number of carbonyl (C=O) groups excluding carboxylic acids is 1. The molecule has 2 saturated heterocycles. The number of anilines is 2. The molecule has 8 rings (SSSR count). The standard InChI is InChI=1S/C36H33F6N9O2S/c1-48(2)33(52)25-12-19-6-9-49(10-11-51(19)47-25)32-21-13-23(36(40,41)42)27(20-4-5-24(38)30-26(20)22(15-43)31(44)54-30)28(39)29(21)45-34(46-32)53-17-35-7-3-8-50(35)16-18(37)14-35/h4-5,12-13,18H,3,6-11,14,16-17,44H2,1-2H3/t18-,35+/m1/s1. The van der Waals surface area contributed by atoms with E-state index in [1.165, 1.54) is 4.90 Å². The van der Waals surface area contributed by atoms with E-state index in [9.17, 15) is 18.8 Å². The number of nitrogen functional groups attached to an aromatic ring is 1. The molecule has 0 saturated carbocycles. The summed E-state index contributed by atoms with van der Waals surface area (Å²) in [6.07, 6.45) is -4.16. The average Bonchev–Trinajstić information content (AvgIpc) is 3.85. The van der Waals surface area contributed by atoms with Crippen molar-refractivity contribution in [2.45, 2.75) is 50.1 Å². The molecule has 11 nitrogen and oxygen atoms in total. The minimum atomic E-state index is -5.13. The number of aromatic nitrogens is 4. The highest BCUT2D eigenvalue weighted by molar-refractivity contribution is 7.23. The number of alkyl halides is 4. The van der Waals surface area contributed by atoms with Gasteiger partial charge in [-0.2, -0.15) is 33.5 Å². The molecule has 0 spiro atoms. The van der Waals surface area contributed by atoms with Crippen LogP contribution in [0, 0.1) is 23.0 Å². The summed E-state index contributed by atoms with van der Waals surface area (Å²) in [6.45, 7) is 1.51. The number of ether oxygens (including phenoxy) is 1. The number of nitriles is 1. The first kappa shape index (κ1) is 35.9. The summed E-state index contributed by atoms with van der Waals surface area (Å²) < 4.78 is 99.6. The van der Waals surface area contributed by atoms with Crippen LogP contribution >= 0.6 is 11.3 Å². The minimum Gasteiger partial charge on any atom is -0.461 e. The van der Waals surface area contributed by atoms with Gasteiger partial charge in [-0.25, -0.2) is 13.2 Å². The third-order valence-electron chi connectivity index (χ3n) is 10.6. The molecule has 5 aromatic rings. The van der Waals surface area contributed by atoms with Crippen LogP contribution in [0.3, 0.4) is 0 Å². The maximum Gasteiger partial charge on any atom is 0.417 e. The Morgan fingerprint density at radius 2 is 1.96 bits per heavy atom. The molecule has 0 radical (unpaired) electrons. The van der Waals surface area contributed by atoms with Crippen LogP contribution in [0.4, 0.5) is 37.2 Å². The number of halogens is 6. The summed E-state index contributed by atoms with van der Waals surface area (Å²) in [5.74, 6) is -2.52. The lowest BCUT2D eigenvalue weighted by Crippen LogP contribution is -2.43. The molecule has 3 aliphatic rings. The lowest BCUT2D eigenvalue weighted by atomic mass is 9.92. The van der Waals surface area contributed by atoms with Gasteiger partial charge >= 0.3 is 12.2 Å². The molecular weight excluding hydrogens is 737 g/mol. The van der Waals surface area contributed by atoms with Crippen LogP contribution in [0.1, 0.15) is 46.6 Å². The molecule has 3 aliphatic heterocycles. The molecule has 54 heavy (non-hydrogen) atoms. The van der Waals surface area contributed by atoms with E-state index in [1.807, 2.05) is 11.0 Å². The molecule has 0 bridgehead atoms. The Balaban J connectivity index is 1.29. The molecule has 0 aliphatic carbocycles. The van der Waals surface area contributed by atoms with E-state index in [1.54, 1.807) is 29.7 Å². The number of carbonyl (C=O) groups is 1. The second-order valence-corrected chi connectivity index (χ2v) is 15.2. The van der Waals surface area contributed by atoms with Crippen molar-refractivity contribution in [2.24, 2.45) is 0 Å². The SMILES string of the molecule is CN(C)C(=O)c1cc2n(n1)CCN(c1nc(OC[C@@]34CCCN3C[C@H](F)C4)nc3c(F)c(-c4ccc(F)c5sc(N)c(C#N)c45)c(C(F)(F)F)cc13)CC2.